The summed E-state index contributed by atoms with van der Waals surface area (Å²) in [7, 11) is 0. The first-order valence-electron chi connectivity index (χ1n) is 10.4. The van der Waals surface area contributed by atoms with Gasteiger partial charge in [-0.1, -0.05) is 25.6 Å². The summed E-state index contributed by atoms with van der Waals surface area (Å²) in [6.07, 6.45) is 0.464. The van der Waals surface area contributed by atoms with E-state index in [1.54, 1.807) is 6.92 Å². The Morgan fingerprint density at radius 1 is 1.31 bits per heavy atom. The summed E-state index contributed by atoms with van der Waals surface area (Å²) in [5, 5.41) is 9.78. The second-order valence-corrected chi connectivity index (χ2v) is 12.8. The Labute approximate surface area is 196 Å². The summed E-state index contributed by atoms with van der Waals surface area (Å²) >= 11 is 2.23. The minimum Gasteiger partial charge on any atom is -0.453 e. The van der Waals surface area contributed by atoms with Gasteiger partial charge in [0, 0.05) is 12.8 Å². The van der Waals surface area contributed by atoms with Gasteiger partial charge in [-0.05, 0) is 12.8 Å². The number of aliphatic hydroxyl groups is 1. The van der Waals surface area contributed by atoms with Gasteiger partial charge in [0.1, 0.15) is 22.3 Å². The molecule has 4 heterocycles. The van der Waals surface area contributed by atoms with Crippen LogP contribution in [0.15, 0.2) is 23.6 Å². The van der Waals surface area contributed by atoms with Gasteiger partial charge in [0.2, 0.25) is 5.91 Å². The Kier molecular flexibility index (Phi) is 7.06. The highest BCUT2D eigenvalue weighted by atomic mass is 32.2. The molecule has 2 N–H and O–H groups in total. The number of hydrogen-bond donors (Lipinski definition) is 2. The van der Waals surface area contributed by atoms with Crippen LogP contribution in [0.5, 0.6) is 0 Å². The predicted molar refractivity (Wildman–Crippen MR) is 122 cm³/mol. The van der Waals surface area contributed by atoms with E-state index >= 15 is 0 Å². The maximum atomic E-state index is 13.1. The number of nitrogens with zero attached hydrogens (tertiary/aromatic N) is 1. The molecule has 2 saturated heterocycles. The first kappa shape index (κ1) is 23.8. The molecular formula is C20H26NO8S3+. The number of carbonyl (C=O) groups is 2. The molecule has 1 aromatic heterocycles. The van der Waals surface area contributed by atoms with E-state index in [2.05, 4.69) is 0 Å². The number of thioether (sulfide) groups is 2. The van der Waals surface area contributed by atoms with Crippen LogP contribution >= 0.6 is 23.5 Å². The van der Waals surface area contributed by atoms with Crippen LogP contribution in [0.1, 0.15) is 38.7 Å². The van der Waals surface area contributed by atoms with Crippen LogP contribution in [-0.4, -0.2) is 54.7 Å². The van der Waals surface area contributed by atoms with Crippen LogP contribution in [-0.2, 0) is 38.5 Å². The van der Waals surface area contributed by atoms with Gasteiger partial charge in [0.25, 0.3) is 0 Å². The SMILES string of the molecule is CC(C)Cc1oc(=O)oc1COC(=O)C1=C(SC2CC[S+](O)C2)S[C@@H]2[C@@H]([C@@H](C)O)C(=O)N12. The van der Waals surface area contributed by atoms with Gasteiger partial charge in [-0.2, -0.15) is 4.55 Å². The van der Waals surface area contributed by atoms with E-state index < -0.39 is 35.0 Å². The van der Waals surface area contributed by atoms with Crippen molar-refractivity contribution >= 4 is 46.6 Å². The number of rotatable bonds is 8. The third kappa shape index (κ3) is 4.65. The second-order valence-electron chi connectivity index (χ2n) is 8.46. The summed E-state index contributed by atoms with van der Waals surface area (Å²) in [6.45, 7) is 5.20. The minimum absolute atomic E-state index is 0.150. The molecule has 4 rings (SSSR count). The average molecular weight is 505 g/mol. The fourth-order valence-corrected chi connectivity index (χ4v) is 9.18. The molecule has 0 spiro atoms. The van der Waals surface area contributed by atoms with Crippen molar-refractivity contribution in [3.8, 4) is 0 Å². The molecule has 5 atom stereocenters. The third-order valence-corrected chi connectivity index (χ3v) is 10.0. The number of hydrogen-bond acceptors (Lipinski definition) is 10. The summed E-state index contributed by atoms with van der Waals surface area (Å²) in [4.78, 5) is 38.6. The molecule has 3 aliphatic heterocycles. The average Bonchev–Trinajstić information content (AvgIpc) is 3.35. The fourth-order valence-electron chi connectivity index (χ4n) is 3.89. The monoisotopic (exact) mass is 504 g/mol. The lowest BCUT2D eigenvalue weighted by atomic mass is 9.92. The molecule has 176 valence electrons. The van der Waals surface area contributed by atoms with Crippen molar-refractivity contribution in [2.45, 2.75) is 56.9 Å². The van der Waals surface area contributed by atoms with Crippen molar-refractivity contribution in [2.24, 2.45) is 11.8 Å². The fraction of sp³-hybridized carbons (Fsp3) is 0.650. The number of carbonyl (C=O) groups excluding carboxylic acids is 2. The van der Waals surface area contributed by atoms with Crippen LogP contribution in [0.25, 0.3) is 0 Å². The first-order chi connectivity index (χ1) is 15.2. The molecule has 0 bridgehead atoms. The van der Waals surface area contributed by atoms with Crippen LogP contribution in [0.3, 0.4) is 0 Å². The molecule has 2 fully saturated rings. The van der Waals surface area contributed by atoms with Gasteiger partial charge in [-0.15, -0.1) is 11.8 Å². The predicted octanol–water partition coefficient (Wildman–Crippen LogP) is 2.15. The normalized spacial score (nSPS) is 28.3. The van der Waals surface area contributed by atoms with Crippen LogP contribution in [0.4, 0.5) is 0 Å². The lowest BCUT2D eigenvalue weighted by Gasteiger charge is -2.43. The molecule has 32 heavy (non-hydrogen) atoms. The number of aliphatic hydroxyl groups excluding tert-OH is 1. The van der Waals surface area contributed by atoms with E-state index in [1.807, 2.05) is 13.8 Å². The highest BCUT2D eigenvalue weighted by molar-refractivity contribution is 8.23. The minimum atomic E-state index is -0.850. The Morgan fingerprint density at radius 2 is 2.03 bits per heavy atom. The van der Waals surface area contributed by atoms with Crippen molar-refractivity contribution in [1.29, 1.82) is 0 Å². The molecule has 2 unspecified atom stereocenters. The Morgan fingerprint density at radius 3 is 2.66 bits per heavy atom. The topological polar surface area (TPSA) is 130 Å². The number of β-lactam (4-membered cyclic amide) rings is 1. The number of esters is 1. The number of amides is 1. The zero-order valence-corrected chi connectivity index (χ0v) is 20.4. The smallest absolute Gasteiger partial charge is 0.453 e. The molecule has 0 aliphatic carbocycles. The van der Waals surface area contributed by atoms with Gasteiger partial charge in [0.15, 0.2) is 29.6 Å². The van der Waals surface area contributed by atoms with Gasteiger partial charge in [-0.3, -0.25) is 9.69 Å². The van der Waals surface area contributed by atoms with E-state index in [0.717, 1.165) is 12.2 Å². The summed E-state index contributed by atoms with van der Waals surface area (Å²) in [5.74, 6) is -0.352. The highest BCUT2D eigenvalue weighted by Gasteiger charge is 2.58. The van der Waals surface area contributed by atoms with Gasteiger partial charge < -0.3 is 18.7 Å². The van der Waals surface area contributed by atoms with E-state index in [9.17, 15) is 24.0 Å². The second kappa shape index (κ2) is 9.49. The zero-order chi connectivity index (χ0) is 23.2. The quantitative estimate of drug-likeness (QED) is 0.308. The lowest BCUT2D eigenvalue weighted by molar-refractivity contribution is -0.158. The molecule has 9 nitrogen and oxygen atoms in total. The first-order valence-corrected chi connectivity index (χ1v) is 13.7. The lowest BCUT2D eigenvalue weighted by Crippen LogP contribution is -2.60. The molecule has 12 heteroatoms. The van der Waals surface area contributed by atoms with E-state index in [-0.39, 0.29) is 40.5 Å². The van der Waals surface area contributed by atoms with Gasteiger partial charge in [-0.25, -0.2) is 9.59 Å². The van der Waals surface area contributed by atoms with Crippen LogP contribution < -0.4 is 5.82 Å². The number of ether oxygens (including phenoxy) is 1. The molecule has 1 amide bonds. The van der Waals surface area contributed by atoms with Crippen molar-refractivity contribution in [3.05, 3.63) is 32.1 Å². The van der Waals surface area contributed by atoms with Crippen LogP contribution in [0, 0.1) is 11.8 Å². The standard InChI is InChI=1S/C20H26NO8S3/c1-9(2)6-12-13(29-20(25)28-12)7-27-18(24)15-19(30-11-4-5-32(26)8-11)31-17-14(10(3)22)16(23)21(15)17/h9-11,14,17,22,26H,4-8H2,1-3H3/q+1/t10-,11?,14+,17-,32?/m1/s1. The van der Waals surface area contributed by atoms with E-state index in [1.165, 1.54) is 28.4 Å². The van der Waals surface area contributed by atoms with Gasteiger partial charge in [0.05, 0.1) is 21.5 Å². The Hall–Kier alpha value is -1.34. The van der Waals surface area contributed by atoms with E-state index in [4.69, 9.17) is 13.6 Å². The van der Waals surface area contributed by atoms with Crippen molar-refractivity contribution in [1.82, 2.24) is 4.90 Å². The molecule has 0 radical (unpaired) electrons. The molecule has 0 aromatic carbocycles. The van der Waals surface area contributed by atoms with Crippen LogP contribution in [0.2, 0.25) is 0 Å². The van der Waals surface area contributed by atoms with Crippen molar-refractivity contribution in [3.63, 3.8) is 0 Å². The number of fused-ring (bicyclic) bond motifs is 1. The van der Waals surface area contributed by atoms with E-state index in [0.29, 0.717) is 22.2 Å². The maximum absolute atomic E-state index is 13.1. The molecule has 1 aromatic rings. The summed E-state index contributed by atoms with van der Waals surface area (Å²) in [6, 6.07) is 0. The summed E-state index contributed by atoms with van der Waals surface area (Å²) < 4.78 is 26.1. The highest BCUT2D eigenvalue weighted by Crippen LogP contribution is 2.55. The third-order valence-electron chi connectivity index (χ3n) is 5.44. The molecule has 0 saturated carbocycles. The molecular weight excluding hydrogens is 478 g/mol. The van der Waals surface area contributed by atoms with Crippen molar-refractivity contribution in [2.75, 3.05) is 11.5 Å². The summed E-state index contributed by atoms with van der Waals surface area (Å²) in [5.41, 5.74) is 0.160. The largest absolute Gasteiger partial charge is 0.519 e. The van der Waals surface area contributed by atoms with Crippen molar-refractivity contribution < 1.29 is 32.8 Å². The Balaban J connectivity index is 1.52. The molecule has 3 aliphatic rings. The zero-order valence-electron chi connectivity index (χ0n) is 17.9. The van der Waals surface area contributed by atoms with Gasteiger partial charge >= 0.3 is 11.8 Å². The maximum Gasteiger partial charge on any atom is 0.519 e. The Bertz CT molecular complexity index is 984.